The number of para-hydroxylation sites is 1. The first-order valence-corrected chi connectivity index (χ1v) is 6.90. The summed E-state index contributed by atoms with van der Waals surface area (Å²) in [6.07, 6.45) is 0.182. The fraction of sp³-hybridized carbons (Fsp3) is 0.176. The Morgan fingerprint density at radius 1 is 1.00 bits per heavy atom. The van der Waals surface area contributed by atoms with E-state index >= 15 is 0 Å². The van der Waals surface area contributed by atoms with Gasteiger partial charge in [-0.3, -0.25) is 9.59 Å². The van der Waals surface area contributed by atoms with E-state index in [4.69, 9.17) is 0 Å². The maximum atomic E-state index is 12.4. The predicted octanol–water partition coefficient (Wildman–Crippen LogP) is 2.74. The largest absolute Gasteiger partial charge is 0.373 e. The average molecular weight is 280 g/mol. The second-order valence-electron chi connectivity index (χ2n) is 5.17. The lowest BCUT2D eigenvalue weighted by Gasteiger charge is -2.16. The van der Waals surface area contributed by atoms with Gasteiger partial charge in [-0.15, -0.1) is 0 Å². The van der Waals surface area contributed by atoms with Crippen LogP contribution in [0.5, 0.6) is 0 Å². The molecule has 1 aliphatic rings. The van der Waals surface area contributed by atoms with E-state index in [0.717, 1.165) is 11.3 Å². The summed E-state index contributed by atoms with van der Waals surface area (Å²) in [6, 6.07) is 16.3. The molecule has 1 atom stereocenters. The first-order chi connectivity index (χ1) is 10.1. The van der Waals surface area contributed by atoms with Crippen LogP contribution in [0.1, 0.15) is 12.0 Å². The number of benzene rings is 2. The Hall–Kier alpha value is -2.62. The van der Waals surface area contributed by atoms with Crippen LogP contribution in [-0.2, 0) is 9.59 Å². The topological polar surface area (TPSA) is 49.4 Å². The van der Waals surface area contributed by atoms with Crippen LogP contribution in [0.2, 0.25) is 0 Å². The lowest BCUT2D eigenvalue weighted by Crippen LogP contribution is -2.34. The van der Waals surface area contributed by atoms with Crippen LogP contribution in [0.25, 0.3) is 0 Å². The van der Waals surface area contributed by atoms with Crippen LogP contribution in [0.3, 0.4) is 0 Å². The van der Waals surface area contributed by atoms with Crippen molar-refractivity contribution in [1.82, 2.24) is 0 Å². The Labute approximate surface area is 123 Å². The van der Waals surface area contributed by atoms with Crippen LogP contribution in [0.15, 0.2) is 54.6 Å². The van der Waals surface area contributed by atoms with Crippen molar-refractivity contribution in [3.63, 3.8) is 0 Å². The van der Waals surface area contributed by atoms with E-state index in [2.05, 4.69) is 5.32 Å². The molecule has 1 aliphatic heterocycles. The van der Waals surface area contributed by atoms with Gasteiger partial charge >= 0.3 is 0 Å². The number of nitrogens with one attached hydrogen (secondary N) is 1. The monoisotopic (exact) mass is 280 g/mol. The number of hydrogen-bond donors (Lipinski definition) is 1. The number of hydrogen-bond acceptors (Lipinski definition) is 3. The molecule has 0 spiro atoms. The molecule has 4 nitrogen and oxygen atoms in total. The molecule has 0 unspecified atom stereocenters. The van der Waals surface area contributed by atoms with Crippen LogP contribution >= 0.6 is 0 Å². The number of aryl methyl sites for hydroxylation is 1. The third-order valence-corrected chi connectivity index (χ3v) is 3.55. The Morgan fingerprint density at radius 2 is 1.67 bits per heavy atom. The first-order valence-electron chi connectivity index (χ1n) is 6.90. The maximum Gasteiger partial charge on any atom is 0.256 e. The van der Waals surface area contributed by atoms with Crippen molar-refractivity contribution in [3.8, 4) is 0 Å². The molecule has 1 heterocycles. The van der Waals surface area contributed by atoms with Crippen molar-refractivity contribution in [2.24, 2.45) is 0 Å². The fourth-order valence-electron chi connectivity index (χ4n) is 2.44. The quantitative estimate of drug-likeness (QED) is 0.879. The normalized spacial score (nSPS) is 18.1. The summed E-state index contributed by atoms with van der Waals surface area (Å²) in [7, 11) is 0. The molecule has 2 aromatic rings. The lowest BCUT2D eigenvalue weighted by molar-refractivity contribution is -0.121. The molecule has 0 saturated carbocycles. The van der Waals surface area contributed by atoms with Crippen LogP contribution in [-0.4, -0.2) is 17.9 Å². The van der Waals surface area contributed by atoms with E-state index in [1.165, 1.54) is 4.90 Å². The van der Waals surface area contributed by atoms with Crippen LogP contribution < -0.4 is 10.2 Å². The number of amides is 2. The summed E-state index contributed by atoms with van der Waals surface area (Å²) < 4.78 is 0. The number of carbonyl (C=O) groups excluding carboxylic acids is 2. The second-order valence-corrected chi connectivity index (χ2v) is 5.17. The SMILES string of the molecule is Cc1ccc(N[C@@H]2CC(=O)N(c3ccccc3)C2=O)cc1. The van der Waals surface area contributed by atoms with Crippen molar-refractivity contribution >= 4 is 23.2 Å². The predicted molar refractivity (Wildman–Crippen MR) is 82.1 cm³/mol. The molecular formula is C17H16N2O2. The summed E-state index contributed by atoms with van der Waals surface area (Å²) >= 11 is 0. The summed E-state index contributed by atoms with van der Waals surface area (Å²) in [5.74, 6) is -0.373. The molecular weight excluding hydrogens is 264 g/mol. The van der Waals surface area contributed by atoms with E-state index in [1.54, 1.807) is 12.1 Å². The van der Waals surface area contributed by atoms with Gasteiger partial charge in [-0.25, -0.2) is 4.90 Å². The molecule has 3 rings (SSSR count). The van der Waals surface area contributed by atoms with Gasteiger partial charge in [0, 0.05) is 5.69 Å². The highest BCUT2D eigenvalue weighted by Gasteiger charge is 2.39. The van der Waals surface area contributed by atoms with Crippen LogP contribution in [0, 0.1) is 6.92 Å². The Bertz CT molecular complexity index is 665. The maximum absolute atomic E-state index is 12.4. The third-order valence-electron chi connectivity index (χ3n) is 3.55. The van der Waals surface area contributed by atoms with Crippen molar-refractivity contribution in [3.05, 3.63) is 60.2 Å². The lowest BCUT2D eigenvalue weighted by atomic mass is 10.2. The van der Waals surface area contributed by atoms with E-state index in [9.17, 15) is 9.59 Å². The molecule has 1 N–H and O–H groups in total. The van der Waals surface area contributed by atoms with Gasteiger partial charge in [0.15, 0.2) is 0 Å². The van der Waals surface area contributed by atoms with Crippen molar-refractivity contribution < 1.29 is 9.59 Å². The molecule has 2 amide bonds. The highest BCUT2D eigenvalue weighted by molar-refractivity contribution is 6.23. The highest BCUT2D eigenvalue weighted by atomic mass is 16.2. The van der Waals surface area contributed by atoms with Gasteiger partial charge in [-0.2, -0.15) is 0 Å². The second kappa shape index (κ2) is 5.40. The van der Waals surface area contributed by atoms with Crippen molar-refractivity contribution in [2.75, 3.05) is 10.2 Å². The van der Waals surface area contributed by atoms with Gasteiger partial charge in [-0.1, -0.05) is 35.9 Å². The molecule has 0 radical (unpaired) electrons. The summed E-state index contributed by atoms with van der Waals surface area (Å²) in [6.45, 7) is 2.01. The Balaban J connectivity index is 1.79. The molecule has 0 aliphatic carbocycles. The Morgan fingerprint density at radius 3 is 2.33 bits per heavy atom. The van der Waals surface area contributed by atoms with Crippen molar-refractivity contribution in [1.29, 1.82) is 0 Å². The number of nitrogens with zero attached hydrogens (tertiary/aromatic N) is 1. The average Bonchev–Trinajstić information content (AvgIpc) is 2.77. The Kier molecular flexibility index (Phi) is 3.44. The zero-order chi connectivity index (χ0) is 14.8. The number of imide groups is 1. The molecule has 0 aromatic heterocycles. The first kappa shape index (κ1) is 13.4. The third kappa shape index (κ3) is 2.65. The minimum absolute atomic E-state index is 0.171. The zero-order valence-electron chi connectivity index (χ0n) is 11.7. The minimum Gasteiger partial charge on any atom is -0.373 e. The van der Waals surface area contributed by atoms with Gasteiger partial charge in [0.1, 0.15) is 6.04 Å². The van der Waals surface area contributed by atoms with Crippen molar-refractivity contribution in [2.45, 2.75) is 19.4 Å². The zero-order valence-corrected chi connectivity index (χ0v) is 11.7. The standard InChI is InChI=1S/C17H16N2O2/c1-12-7-9-13(10-8-12)18-15-11-16(20)19(17(15)21)14-5-3-2-4-6-14/h2-10,15,18H,11H2,1H3/t15-/m1/s1. The van der Waals surface area contributed by atoms with Gasteiger partial charge in [0.2, 0.25) is 5.91 Å². The number of rotatable bonds is 3. The van der Waals surface area contributed by atoms with E-state index in [1.807, 2.05) is 49.4 Å². The summed E-state index contributed by atoms with van der Waals surface area (Å²) in [4.78, 5) is 25.8. The van der Waals surface area contributed by atoms with E-state index in [0.29, 0.717) is 5.69 Å². The molecule has 106 valence electrons. The number of carbonyl (C=O) groups is 2. The molecule has 0 bridgehead atoms. The van der Waals surface area contributed by atoms with E-state index in [-0.39, 0.29) is 18.2 Å². The van der Waals surface area contributed by atoms with Gasteiger partial charge in [0.25, 0.3) is 5.91 Å². The summed E-state index contributed by atoms with van der Waals surface area (Å²) in [5.41, 5.74) is 2.63. The molecule has 2 aromatic carbocycles. The summed E-state index contributed by atoms with van der Waals surface area (Å²) in [5, 5.41) is 3.14. The molecule has 1 fully saturated rings. The van der Waals surface area contributed by atoms with E-state index < -0.39 is 6.04 Å². The van der Waals surface area contributed by atoms with Gasteiger partial charge in [0.05, 0.1) is 12.1 Å². The molecule has 1 saturated heterocycles. The minimum atomic E-state index is -0.500. The fourth-order valence-corrected chi connectivity index (χ4v) is 2.44. The van der Waals surface area contributed by atoms with Gasteiger partial charge in [-0.05, 0) is 31.2 Å². The highest BCUT2D eigenvalue weighted by Crippen LogP contribution is 2.24. The molecule has 4 heteroatoms. The number of anilines is 2. The smallest absolute Gasteiger partial charge is 0.256 e. The van der Waals surface area contributed by atoms with Gasteiger partial charge < -0.3 is 5.32 Å². The molecule has 21 heavy (non-hydrogen) atoms. The van der Waals surface area contributed by atoms with Crippen LogP contribution in [0.4, 0.5) is 11.4 Å².